The first-order chi connectivity index (χ1) is 9.68. The second-order valence-electron chi connectivity index (χ2n) is 4.60. The molecule has 0 fully saturated rings. The molecule has 2 aromatic carbocycles. The van der Waals surface area contributed by atoms with Gasteiger partial charge in [-0.05, 0) is 12.1 Å². The Bertz CT molecular complexity index is 707. The number of para-hydroxylation sites is 1. The molecular formula is C16H12N2O2. The Morgan fingerprint density at radius 2 is 1.45 bits per heavy atom. The molecule has 2 aromatic rings. The van der Waals surface area contributed by atoms with Crippen LogP contribution in [0.1, 0.15) is 20.7 Å². The maximum Gasteiger partial charge on any atom is 0.209 e. The number of carbonyl (C=O) groups excluding carboxylic acids is 2. The van der Waals surface area contributed by atoms with E-state index in [1.54, 1.807) is 36.4 Å². The molecule has 0 amide bonds. The smallest absolute Gasteiger partial charge is 0.209 e. The monoisotopic (exact) mass is 264 g/mol. The third-order valence-corrected chi connectivity index (χ3v) is 3.32. The number of fused-ring (bicyclic) bond motifs is 1. The van der Waals surface area contributed by atoms with Crippen molar-refractivity contribution in [2.45, 2.75) is 6.04 Å². The van der Waals surface area contributed by atoms with E-state index in [0.29, 0.717) is 16.8 Å². The molecule has 0 spiro atoms. The van der Waals surface area contributed by atoms with Gasteiger partial charge in [0.15, 0.2) is 5.78 Å². The van der Waals surface area contributed by atoms with Gasteiger partial charge in [0, 0.05) is 16.8 Å². The van der Waals surface area contributed by atoms with E-state index in [-0.39, 0.29) is 11.5 Å². The fourth-order valence-corrected chi connectivity index (χ4v) is 2.30. The maximum atomic E-state index is 12.4. The number of anilines is 1. The van der Waals surface area contributed by atoms with Gasteiger partial charge in [0.25, 0.3) is 0 Å². The highest BCUT2D eigenvalue weighted by Crippen LogP contribution is 2.22. The molecule has 1 aliphatic carbocycles. The van der Waals surface area contributed by atoms with Gasteiger partial charge in [-0.3, -0.25) is 15.0 Å². The van der Waals surface area contributed by atoms with Crippen LogP contribution in [-0.4, -0.2) is 23.3 Å². The first-order valence-corrected chi connectivity index (χ1v) is 6.26. The SMILES string of the molecule is N=C1C(=O)c2ccccc2C(=O)C1Nc1ccccc1. The van der Waals surface area contributed by atoms with E-state index < -0.39 is 11.8 Å². The summed E-state index contributed by atoms with van der Waals surface area (Å²) in [6.45, 7) is 0. The van der Waals surface area contributed by atoms with E-state index in [1.165, 1.54) is 0 Å². The molecule has 4 heteroatoms. The molecule has 20 heavy (non-hydrogen) atoms. The fourth-order valence-electron chi connectivity index (χ4n) is 2.30. The highest BCUT2D eigenvalue weighted by Gasteiger charge is 2.37. The molecule has 1 atom stereocenters. The number of hydrogen-bond donors (Lipinski definition) is 2. The van der Waals surface area contributed by atoms with Gasteiger partial charge in [-0.15, -0.1) is 0 Å². The minimum absolute atomic E-state index is 0.211. The van der Waals surface area contributed by atoms with Crippen molar-refractivity contribution in [3.05, 3.63) is 65.7 Å². The van der Waals surface area contributed by atoms with Crippen molar-refractivity contribution in [1.82, 2.24) is 0 Å². The van der Waals surface area contributed by atoms with E-state index in [4.69, 9.17) is 5.41 Å². The molecule has 0 saturated heterocycles. The molecule has 0 heterocycles. The van der Waals surface area contributed by atoms with Crippen molar-refractivity contribution in [3.63, 3.8) is 0 Å². The minimum atomic E-state index is -0.917. The highest BCUT2D eigenvalue weighted by atomic mass is 16.1. The molecule has 4 nitrogen and oxygen atoms in total. The number of nitrogens with one attached hydrogen (secondary N) is 2. The lowest BCUT2D eigenvalue weighted by molar-refractivity contribution is 0.0954. The second-order valence-corrected chi connectivity index (χ2v) is 4.60. The van der Waals surface area contributed by atoms with Crippen LogP contribution in [0, 0.1) is 5.41 Å². The van der Waals surface area contributed by atoms with Gasteiger partial charge in [0.05, 0.1) is 0 Å². The van der Waals surface area contributed by atoms with Crippen LogP contribution < -0.4 is 5.32 Å². The van der Waals surface area contributed by atoms with E-state index >= 15 is 0 Å². The molecule has 2 N–H and O–H groups in total. The lowest BCUT2D eigenvalue weighted by Crippen LogP contribution is -2.45. The normalized spacial score (nSPS) is 17.8. The van der Waals surface area contributed by atoms with Gasteiger partial charge in [-0.25, -0.2) is 0 Å². The molecule has 0 radical (unpaired) electrons. The van der Waals surface area contributed by atoms with Gasteiger partial charge in [0.2, 0.25) is 5.78 Å². The Hall–Kier alpha value is -2.75. The average Bonchev–Trinajstić information content (AvgIpc) is 2.50. The van der Waals surface area contributed by atoms with E-state index in [1.807, 2.05) is 18.2 Å². The van der Waals surface area contributed by atoms with Crippen molar-refractivity contribution in [2.75, 3.05) is 5.32 Å². The van der Waals surface area contributed by atoms with Crippen LogP contribution in [0.2, 0.25) is 0 Å². The minimum Gasteiger partial charge on any atom is -0.370 e. The average molecular weight is 264 g/mol. The van der Waals surface area contributed by atoms with Gasteiger partial charge < -0.3 is 5.32 Å². The summed E-state index contributed by atoms with van der Waals surface area (Å²) in [4.78, 5) is 24.6. The molecule has 0 aliphatic heterocycles. The Morgan fingerprint density at radius 1 is 0.850 bits per heavy atom. The molecule has 3 rings (SSSR count). The summed E-state index contributed by atoms with van der Waals surface area (Å²) in [6.07, 6.45) is 0. The number of ketones is 2. The van der Waals surface area contributed by atoms with Crippen molar-refractivity contribution in [2.24, 2.45) is 0 Å². The summed E-state index contributed by atoms with van der Waals surface area (Å²) in [6, 6.07) is 14.8. The summed E-state index contributed by atoms with van der Waals surface area (Å²) >= 11 is 0. The van der Waals surface area contributed by atoms with E-state index in [9.17, 15) is 9.59 Å². The van der Waals surface area contributed by atoms with Crippen LogP contribution >= 0.6 is 0 Å². The molecule has 98 valence electrons. The van der Waals surface area contributed by atoms with Crippen LogP contribution in [-0.2, 0) is 0 Å². The van der Waals surface area contributed by atoms with Crippen LogP contribution in [0.15, 0.2) is 54.6 Å². The topological polar surface area (TPSA) is 70.0 Å². The lowest BCUT2D eigenvalue weighted by Gasteiger charge is -2.24. The quantitative estimate of drug-likeness (QED) is 0.875. The largest absolute Gasteiger partial charge is 0.370 e. The molecule has 0 saturated carbocycles. The van der Waals surface area contributed by atoms with Crippen LogP contribution in [0.25, 0.3) is 0 Å². The zero-order valence-electron chi connectivity index (χ0n) is 10.6. The van der Waals surface area contributed by atoms with E-state index in [2.05, 4.69) is 5.32 Å². The summed E-state index contributed by atoms with van der Waals surface area (Å²) in [5.74, 6) is -0.636. The second kappa shape index (κ2) is 4.74. The zero-order chi connectivity index (χ0) is 14.1. The van der Waals surface area contributed by atoms with Crippen molar-refractivity contribution in [3.8, 4) is 0 Å². The predicted octanol–water partition coefficient (Wildman–Crippen LogP) is 2.57. The predicted molar refractivity (Wildman–Crippen MR) is 76.7 cm³/mol. The van der Waals surface area contributed by atoms with Gasteiger partial charge >= 0.3 is 0 Å². The highest BCUT2D eigenvalue weighted by molar-refractivity contribution is 6.55. The number of hydrogen-bond acceptors (Lipinski definition) is 4. The van der Waals surface area contributed by atoms with Crippen molar-refractivity contribution < 1.29 is 9.59 Å². The first-order valence-electron chi connectivity index (χ1n) is 6.26. The molecule has 1 unspecified atom stereocenters. The van der Waals surface area contributed by atoms with Crippen LogP contribution in [0.4, 0.5) is 5.69 Å². The Balaban J connectivity index is 2.00. The standard InChI is InChI=1S/C16H12N2O2/c17-13-14(18-10-6-2-1-3-7-10)16(20)12-9-5-4-8-11(12)15(13)19/h1-9,14,17-18H. The Kier molecular flexibility index (Phi) is 2.91. The lowest BCUT2D eigenvalue weighted by atomic mass is 9.84. The Labute approximate surface area is 116 Å². The van der Waals surface area contributed by atoms with Crippen molar-refractivity contribution in [1.29, 1.82) is 5.41 Å². The van der Waals surface area contributed by atoms with Gasteiger partial charge in [-0.1, -0.05) is 42.5 Å². The molecule has 0 bridgehead atoms. The Morgan fingerprint density at radius 3 is 2.15 bits per heavy atom. The summed E-state index contributed by atoms with van der Waals surface area (Å²) in [7, 11) is 0. The number of rotatable bonds is 2. The maximum absolute atomic E-state index is 12.4. The number of Topliss-reactive ketones (excluding diaryl/α,β-unsaturated/α-hetero) is 2. The number of benzene rings is 2. The summed E-state index contributed by atoms with van der Waals surface area (Å²) in [5, 5.41) is 10.9. The first kappa shape index (κ1) is 12.3. The van der Waals surface area contributed by atoms with E-state index in [0.717, 1.165) is 0 Å². The number of carbonyl (C=O) groups is 2. The molecule has 1 aliphatic rings. The molecule has 0 aromatic heterocycles. The van der Waals surface area contributed by atoms with Crippen LogP contribution in [0.5, 0.6) is 0 Å². The summed E-state index contributed by atoms with van der Waals surface area (Å²) in [5.41, 5.74) is 1.19. The van der Waals surface area contributed by atoms with Crippen molar-refractivity contribution >= 4 is 23.0 Å². The zero-order valence-corrected chi connectivity index (χ0v) is 10.6. The molecular weight excluding hydrogens is 252 g/mol. The third-order valence-electron chi connectivity index (χ3n) is 3.32. The summed E-state index contributed by atoms with van der Waals surface area (Å²) < 4.78 is 0. The fraction of sp³-hybridized carbons (Fsp3) is 0.0625. The van der Waals surface area contributed by atoms with Crippen LogP contribution in [0.3, 0.4) is 0 Å². The third kappa shape index (κ3) is 1.91. The van der Waals surface area contributed by atoms with Gasteiger partial charge in [0.1, 0.15) is 11.8 Å². The van der Waals surface area contributed by atoms with Gasteiger partial charge in [-0.2, -0.15) is 0 Å².